The highest BCUT2D eigenvalue weighted by Crippen LogP contribution is 2.21. The first-order valence-corrected chi connectivity index (χ1v) is 7.67. The summed E-state index contributed by atoms with van der Waals surface area (Å²) in [6.45, 7) is 6.51. The summed E-state index contributed by atoms with van der Waals surface area (Å²) in [5.41, 5.74) is 2.46. The molecule has 2 heterocycles. The third-order valence-electron chi connectivity index (χ3n) is 3.70. The summed E-state index contributed by atoms with van der Waals surface area (Å²) in [7, 11) is 0. The summed E-state index contributed by atoms with van der Waals surface area (Å²) >= 11 is 0. The molecule has 4 heteroatoms. The molecule has 1 aliphatic rings. The molecule has 0 spiro atoms. The molecular weight excluding hydrogens is 262 g/mol. The predicted molar refractivity (Wildman–Crippen MR) is 83.2 cm³/mol. The number of rotatable bonds is 4. The first kappa shape index (κ1) is 14.0. The molecule has 2 aromatic rings. The van der Waals surface area contributed by atoms with Crippen LogP contribution in [0.4, 0.5) is 5.82 Å². The standard InChI is InChI=1S/C17H22N3O/c1-2-8-20-14-16(15-6-4-3-5-7-15)13-17(18-20)19-9-11-21-12-10-19/h3-7,13-14H,2,8-12H2,1H3/q+1. The van der Waals surface area contributed by atoms with Crippen molar-refractivity contribution in [2.24, 2.45) is 0 Å². The first-order valence-electron chi connectivity index (χ1n) is 7.67. The fourth-order valence-electron chi connectivity index (χ4n) is 2.61. The van der Waals surface area contributed by atoms with Gasteiger partial charge in [0.15, 0.2) is 12.4 Å². The average molecular weight is 284 g/mol. The maximum absolute atomic E-state index is 5.44. The number of aromatic nitrogens is 2. The summed E-state index contributed by atoms with van der Waals surface area (Å²) in [6.07, 6.45) is 3.22. The van der Waals surface area contributed by atoms with Crippen molar-refractivity contribution in [3.8, 4) is 11.1 Å². The van der Waals surface area contributed by atoms with Gasteiger partial charge < -0.3 is 9.64 Å². The molecule has 21 heavy (non-hydrogen) atoms. The smallest absolute Gasteiger partial charge is 0.204 e. The zero-order valence-corrected chi connectivity index (χ0v) is 12.5. The maximum Gasteiger partial charge on any atom is 0.204 e. The van der Waals surface area contributed by atoms with Crippen molar-refractivity contribution in [1.82, 2.24) is 5.10 Å². The Balaban J connectivity index is 1.97. The van der Waals surface area contributed by atoms with Gasteiger partial charge in [-0.2, -0.15) is 0 Å². The third kappa shape index (κ3) is 3.39. The molecule has 0 aliphatic carbocycles. The molecule has 3 rings (SSSR count). The Morgan fingerprint density at radius 2 is 1.90 bits per heavy atom. The minimum absolute atomic E-state index is 0.783. The molecule has 0 bridgehead atoms. The van der Waals surface area contributed by atoms with Crippen LogP contribution in [0.2, 0.25) is 0 Å². The number of anilines is 1. The van der Waals surface area contributed by atoms with E-state index in [0.717, 1.165) is 45.1 Å². The van der Waals surface area contributed by atoms with E-state index < -0.39 is 0 Å². The molecule has 1 aromatic heterocycles. The summed E-state index contributed by atoms with van der Waals surface area (Å²) in [5, 5.41) is 4.76. The van der Waals surface area contributed by atoms with E-state index in [1.807, 2.05) is 6.07 Å². The van der Waals surface area contributed by atoms with Gasteiger partial charge in [-0.05, 0) is 5.56 Å². The van der Waals surface area contributed by atoms with E-state index in [2.05, 4.69) is 53.0 Å². The average Bonchev–Trinajstić information content (AvgIpc) is 2.56. The number of hydrogen-bond donors (Lipinski definition) is 0. The minimum Gasteiger partial charge on any atom is -0.378 e. The van der Waals surface area contributed by atoms with Gasteiger partial charge in [0.1, 0.15) is 0 Å². The number of aryl methyl sites for hydroxylation is 1. The highest BCUT2D eigenvalue weighted by molar-refractivity contribution is 5.64. The Labute approximate surface area is 126 Å². The van der Waals surface area contributed by atoms with Gasteiger partial charge in [0.25, 0.3) is 0 Å². The molecule has 0 saturated carbocycles. The van der Waals surface area contributed by atoms with Gasteiger partial charge >= 0.3 is 0 Å². The third-order valence-corrected chi connectivity index (χ3v) is 3.70. The number of ether oxygens (including phenoxy) is 1. The lowest BCUT2D eigenvalue weighted by atomic mass is 10.1. The zero-order chi connectivity index (χ0) is 14.5. The van der Waals surface area contributed by atoms with Crippen molar-refractivity contribution >= 4 is 5.82 Å². The maximum atomic E-state index is 5.44. The highest BCUT2D eigenvalue weighted by Gasteiger charge is 2.18. The Morgan fingerprint density at radius 3 is 2.62 bits per heavy atom. The van der Waals surface area contributed by atoms with E-state index in [4.69, 9.17) is 9.84 Å². The number of nitrogens with zero attached hydrogens (tertiary/aromatic N) is 3. The number of hydrogen-bond acceptors (Lipinski definition) is 3. The Hall–Kier alpha value is -1.94. The fourth-order valence-corrected chi connectivity index (χ4v) is 2.61. The Kier molecular flexibility index (Phi) is 4.46. The lowest BCUT2D eigenvalue weighted by Crippen LogP contribution is -2.43. The van der Waals surface area contributed by atoms with Crippen LogP contribution in [0.25, 0.3) is 11.1 Å². The lowest BCUT2D eigenvalue weighted by Gasteiger charge is -2.26. The molecule has 1 fully saturated rings. The summed E-state index contributed by atoms with van der Waals surface area (Å²) in [4.78, 5) is 2.31. The van der Waals surface area contributed by atoms with E-state index in [1.54, 1.807) is 0 Å². The molecule has 0 amide bonds. The first-order chi connectivity index (χ1) is 10.4. The SMILES string of the molecule is CCC[n+]1cc(-c2ccccc2)cc(N2CCOCC2)n1. The van der Waals surface area contributed by atoms with E-state index in [9.17, 15) is 0 Å². The van der Waals surface area contributed by atoms with Crippen LogP contribution < -0.4 is 9.58 Å². The van der Waals surface area contributed by atoms with Crippen molar-refractivity contribution < 1.29 is 9.42 Å². The zero-order valence-electron chi connectivity index (χ0n) is 12.5. The van der Waals surface area contributed by atoms with Crippen molar-refractivity contribution in [2.75, 3.05) is 31.2 Å². The fraction of sp³-hybridized carbons (Fsp3) is 0.412. The summed E-state index contributed by atoms with van der Waals surface area (Å²) in [6, 6.07) is 12.7. The summed E-state index contributed by atoms with van der Waals surface area (Å²) in [5.74, 6) is 1.05. The van der Waals surface area contributed by atoms with Gasteiger partial charge in [-0.3, -0.25) is 0 Å². The van der Waals surface area contributed by atoms with Gasteiger partial charge in [0.05, 0.1) is 18.8 Å². The van der Waals surface area contributed by atoms with Crippen LogP contribution >= 0.6 is 0 Å². The number of benzene rings is 1. The van der Waals surface area contributed by atoms with Crippen LogP contribution in [-0.4, -0.2) is 31.4 Å². The summed E-state index contributed by atoms with van der Waals surface area (Å²) < 4.78 is 7.50. The quantitative estimate of drug-likeness (QED) is 0.807. The molecule has 0 radical (unpaired) electrons. The predicted octanol–water partition coefficient (Wildman–Crippen LogP) is 2.28. The second-order valence-electron chi connectivity index (χ2n) is 5.32. The molecule has 1 saturated heterocycles. The molecule has 0 N–H and O–H groups in total. The monoisotopic (exact) mass is 284 g/mol. The van der Waals surface area contributed by atoms with Gasteiger partial charge in [0, 0.05) is 30.7 Å². The molecule has 110 valence electrons. The van der Waals surface area contributed by atoms with Crippen molar-refractivity contribution in [2.45, 2.75) is 19.9 Å². The highest BCUT2D eigenvalue weighted by atomic mass is 16.5. The van der Waals surface area contributed by atoms with Gasteiger partial charge in [0.2, 0.25) is 6.20 Å². The molecule has 1 aliphatic heterocycles. The van der Waals surface area contributed by atoms with Crippen molar-refractivity contribution in [3.05, 3.63) is 42.6 Å². The minimum atomic E-state index is 0.783. The molecule has 0 unspecified atom stereocenters. The van der Waals surface area contributed by atoms with Gasteiger partial charge in [-0.1, -0.05) is 41.9 Å². The van der Waals surface area contributed by atoms with Crippen LogP contribution in [0.15, 0.2) is 42.6 Å². The van der Waals surface area contributed by atoms with Gasteiger partial charge in [-0.25, -0.2) is 0 Å². The second-order valence-corrected chi connectivity index (χ2v) is 5.32. The molecule has 4 nitrogen and oxygen atoms in total. The van der Waals surface area contributed by atoms with Crippen LogP contribution in [0.3, 0.4) is 0 Å². The van der Waals surface area contributed by atoms with Crippen molar-refractivity contribution in [3.63, 3.8) is 0 Å². The molecular formula is C17H22N3O+. The largest absolute Gasteiger partial charge is 0.378 e. The van der Waals surface area contributed by atoms with Crippen LogP contribution in [0, 0.1) is 0 Å². The van der Waals surface area contributed by atoms with E-state index in [-0.39, 0.29) is 0 Å². The van der Waals surface area contributed by atoms with E-state index in [1.165, 1.54) is 11.1 Å². The topological polar surface area (TPSA) is 29.2 Å². The van der Waals surface area contributed by atoms with Crippen LogP contribution in [-0.2, 0) is 11.3 Å². The van der Waals surface area contributed by atoms with Crippen molar-refractivity contribution in [1.29, 1.82) is 0 Å². The Morgan fingerprint density at radius 1 is 1.14 bits per heavy atom. The van der Waals surface area contributed by atoms with Crippen LogP contribution in [0.1, 0.15) is 13.3 Å². The lowest BCUT2D eigenvalue weighted by molar-refractivity contribution is -0.752. The Bertz CT molecular complexity index is 580. The van der Waals surface area contributed by atoms with Gasteiger partial charge in [-0.15, -0.1) is 0 Å². The molecule has 1 aromatic carbocycles. The molecule has 0 atom stereocenters. The number of morpholine rings is 1. The second kappa shape index (κ2) is 6.68. The van der Waals surface area contributed by atoms with Crippen LogP contribution in [0.5, 0.6) is 0 Å². The van der Waals surface area contributed by atoms with E-state index >= 15 is 0 Å². The normalized spacial score (nSPS) is 15.2. The van der Waals surface area contributed by atoms with E-state index in [0.29, 0.717) is 0 Å².